The van der Waals surface area contributed by atoms with E-state index in [0.29, 0.717) is 17.1 Å². The zero-order valence-corrected chi connectivity index (χ0v) is 14.6. The summed E-state index contributed by atoms with van der Waals surface area (Å²) in [6.07, 6.45) is 4.96. The van der Waals surface area contributed by atoms with E-state index < -0.39 is 11.2 Å². The summed E-state index contributed by atoms with van der Waals surface area (Å²) in [5.41, 5.74) is 3.97. The molecule has 0 aliphatic heterocycles. The van der Waals surface area contributed by atoms with Crippen LogP contribution in [0.4, 0.5) is 5.69 Å². The van der Waals surface area contributed by atoms with E-state index in [2.05, 4.69) is 20.2 Å². The first-order chi connectivity index (χ1) is 12.7. The first-order valence-electron chi connectivity index (χ1n) is 7.75. The zero-order valence-electron chi connectivity index (χ0n) is 13.7. The molecule has 0 bridgehead atoms. The molecular formula is C18H13N5O2S. The summed E-state index contributed by atoms with van der Waals surface area (Å²) >= 11 is -1.30. The van der Waals surface area contributed by atoms with Gasteiger partial charge in [-0.3, -0.25) is 0 Å². The highest BCUT2D eigenvalue weighted by atomic mass is 32.2. The van der Waals surface area contributed by atoms with Crippen LogP contribution in [-0.2, 0) is 11.2 Å². The maximum absolute atomic E-state index is 11.8. The highest BCUT2D eigenvalue weighted by Crippen LogP contribution is 2.35. The number of benzene rings is 1. The topological polar surface area (TPSA) is 95.6 Å². The largest absolute Gasteiger partial charge is 0.609 e. The number of nitroso groups, excluding NO2 is 1. The molecule has 1 aromatic carbocycles. The second-order valence-electron chi connectivity index (χ2n) is 5.57. The second kappa shape index (κ2) is 6.66. The number of nitrogens with zero attached hydrogens (tertiary/aromatic N) is 5. The number of hydrogen-bond donors (Lipinski definition) is 0. The number of hydrogen-bond acceptors (Lipinski definition) is 6. The van der Waals surface area contributed by atoms with Gasteiger partial charge in [-0.15, -0.1) is 4.91 Å². The van der Waals surface area contributed by atoms with Gasteiger partial charge in [-0.2, -0.15) is 15.1 Å². The fourth-order valence-electron chi connectivity index (χ4n) is 2.78. The summed E-state index contributed by atoms with van der Waals surface area (Å²) in [4.78, 5) is 19.4. The molecule has 4 aromatic rings. The average molecular weight is 363 g/mol. The van der Waals surface area contributed by atoms with Crippen LogP contribution >= 0.6 is 0 Å². The van der Waals surface area contributed by atoms with E-state index in [0.717, 1.165) is 16.6 Å². The number of aromatic nitrogens is 4. The van der Waals surface area contributed by atoms with E-state index >= 15 is 0 Å². The van der Waals surface area contributed by atoms with Crippen molar-refractivity contribution in [2.24, 2.45) is 5.18 Å². The predicted octanol–water partition coefficient (Wildman–Crippen LogP) is 3.59. The summed E-state index contributed by atoms with van der Waals surface area (Å²) in [6.45, 7) is 0. The minimum Gasteiger partial charge on any atom is -0.609 e. The molecule has 0 N–H and O–H groups in total. The van der Waals surface area contributed by atoms with E-state index in [4.69, 9.17) is 0 Å². The Morgan fingerprint density at radius 2 is 2.04 bits per heavy atom. The highest BCUT2D eigenvalue weighted by molar-refractivity contribution is 7.90. The molecule has 0 saturated carbocycles. The van der Waals surface area contributed by atoms with Crippen LogP contribution in [0.15, 0.2) is 71.3 Å². The van der Waals surface area contributed by atoms with E-state index in [1.165, 1.54) is 6.26 Å². The average Bonchev–Trinajstić information content (AvgIpc) is 3.07. The second-order valence-corrected chi connectivity index (χ2v) is 6.85. The Balaban J connectivity index is 2.01. The number of fused-ring (bicyclic) bond motifs is 1. The molecule has 0 fully saturated rings. The van der Waals surface area contributed by atoms with Gasteiger partial charge in [-0.05, 0) is 35.5 Å². The maximum atomic E-state index is 11.8. The molecule has 3 heterocycles. The minimum atomic E-state index is -1.30. The van der Waals surface area contributed by atoms with Gasteiger partial charge in [0.2, 0.25) is 0 Å². The Labute approximate surface area is 151 Å². The van der Waals surface area contributed by atoms with Gasteiger partial charge in [0, 0.05) is 29.1 Å². The molecule has 1 atom stereocenters. The van der Waals surface area contributed by atoms with Gasteiger partial charge in [-0.1, -0.05) is 18.2 Å². The molecule has 8 heteroatoms. The third-order valence-corrected chi connectivity index (χ3v) is 4.62. The van der Waals surface area contributed by atoms with Crippen LogP contribution < -0.4 is 0 Å². The molecule has 3 aromatic heterocycles. The summed E-state index contributed by atoms with van der Waals surface area (Å²) in [5.74, 6) is 0. The van der Waals surface area contributed by atoms with Crippen LogP contribution in [0.2, 0.25) is 0 Å². The fraction of sp³-hybridized carbons (Fsp3) is 0.0556. The third kappa shape index (κ3) is 2.85. The molecule has 0 aliphatic carbocycles. The molecule has 26 heavy (non-hydrogen) atoms. The van der Waals surface area contributed by atoms with Crippen molar-refractivity contribution in [3.63, 3.8) is 0 Å². The van der Waals surface area contributed by atoms with Crippen molar-refractivity contribution >= 4 is 22.4 Å². The predicted molar refractivity (Wildman–Crippen MR) is 99.4 cm³/mol. The molecule has 4 rings (SSSR count). The van der Waals surface area contributed by atoms with Crippen LogP contribution in [0.5, 0.6) is 0 Å². The van der Waals surface area contributed by atoms with Gasteiger partial charge in [0.15, 0.2) is 0 Å². The van der Waals surface area contributed by atoms with Crippen LogP contribution in [0.25, 0.3) is 28.0 Å². The Kier molecular flexibility index (Phi) is 4.19. The van der Waals surface area contributed by atoms with Gasteiger partial charge in [0.05, 0.1) is 16.8 Å². The van der Waals surface area contributed by atoms with Crippen molar-refractivity contribution in [2.75, 3.05) is 6.26 Å². The Morgan fingerprint density at radius 1 is 1.15 bits per heavy atom. The highest BCUT2D eigenvalue weighted by Gasteiger charge is 2.19. The first kappa shape index (κ1) is 16.4. The third-order valence-electron chi connectivity index (χ3n) is 3.91. The van der Waals surface area contributed by atoms with Crippen molar-refractivity contribution < 1.29 is 4.55 Å². The molecule has 0 spiro atoms. The molecular weight excluding hydrogens is 350 g/mol. The lowest BCUT2D eigenvalue weighted by Gasteiger charge is -2.06. The SMILES string of the molecule is C[S+]([O-])c1nccc(-c2c(-c3cccc(N=O)c3)nn3ccccc23)n1. The van der Waals surface area contributed by atoms with Gasteiger partial charge in [0.25, 0.3) is 0 Å². The summed E-state index contributed by atoms with van der Waals surface area (Å²) in [7, 11) is 0. The van der Waals surface area contributed by atoms with Gasteiger partial charge in [0.1, 0.15) is 17.6 Å². The lowest BCUT2D eigenvalue weighted by atomic mass is 10.0. The number of rotatable bonds is 4. The molecule has 0 amide bonds. The van der Waals surface area contributed by atoms with E-state index in [1.54, 1.807) is 35.0 Å². The smallest absolute Gasteiger partial charge is 0.342 e. The van der Waals surface area contributed by atoms with Gasteiger partial charge >= 0.3 is 5.16 Å². The first-order valence-corrected chi connectivity index (χ1v) is 9.31. The van der Waals surface area contributed by atoms with Crippen molar-refractivity contribution in [3.8, 4) is 22.5 Å². The zero-order chi connectivity index (χ0) is 18.1. The summed E-state index contributed by atoms with van der Waals surface area (Å²) in [5, 5.41) is 7.90. The Bertz CT molecular complexity index is 1110. The standard InChI is InChI=1S/C18H13N5O2S/c1-26(25)18-19-9-8-14(20-18)16-15-7-2-3-10-23(15)21-17(16)12-5-4-6-13(11-12)22-24/h2-11H,1H3. The van der Waals surface area contributed by atoms with Crippen LogP contribution in [0, 0.1) is 4.91 Å². The Hall–Kier alpha value is -3.10. The summed E-state index contributed by atoms with van der Waals surface area (Å²) in [6, 6.07) is 14.4. The molecule has 0 radical (unpaired) electrons. The van der Waals surface area contributed by atoms with Crippen molar-refractivity contribution in [1.82, 2.24) is 19.6 Å². The molecule has 7 nitrogen and oxygen atoms in total. The van der Waals surface area contributed by atoms with Crippen molar-refractivity contribution in [2.45, 2.75) is 5.16 Å². The van der Waals surface area contributed by atoms with Crippen LogP contribution in [0.1, 0.15) is 0 Å². The van der Waals surface area contributed by atoms with Crippen molar-refractivity contribution in [1.29, 1.82) is 0 Å². The monoisotopic (exact) mass is 363 g/mol. The minimum absolute atomic E-state index is 0.257. The molecule has 0 saturated heterocycles. The lowest BCUT2D eigenvalue weighted by Crippen LogP contribution is -2.04. The summed E-state index contributed by atoms with van der Waals surface area (Å²) < 4.78 is 13.5. The van der Waals surface area contributed by atoms with E-state index in [1.807, 2.05) is 30.5 Å². The lowest BCUT2D eigenvalue weighted by molar-refractivity contribution is 0.592. The normalized spacial score (nSPS) is 12.2. The molecule has 1 unspecified atom stereocenters. The van der Waals surface area contributed by atoms with Crippen LogP contribution in [-0.4, -0.2) is 30.4 Å². The van der Waals surface area contributed by atoms with Crippen molar-refractivity contribution in [3.05, 3.63) is 65.8 Å². The maximum Gasteiger partial charge on any atom is 0.342 e. The fourth-order valence-corrected chi connectivity index (χ4v) is 3.22. The molecule has 128 valence electrons. The van der Waals surface area contributed by atoms with Gasteiger partial charge < -0.3 is 4.55 Å². The molecule has 0 aliphatic rings. The number of pyridine rings is 1. The quantitative estimate of drug-likeness (QED) is 0.314. The van der Waals surface area contributed by atoms with E-state index in [9.17, 15) is 9.46 Å². The van der Waals surface area contributed by atoms with Crippen LogP contribution in [0.3, 0.4) is 0 Å². The van der Waals surface area contributed by atoms with Gasteiger partial charge in [-0.25, -0.2) is 4.52 Å². The Morgan fingerprint density at radius 3 is 2.85 bits per heavy atom. The van der Waals surface area contributed by atoms with E-state index in [-0.39, 0.29) is 5.16 Å².